The van der Waals surface area contributed by atoms with E-state index in [1.165, 1.54) is 6.07 Å². The van der Waals surface area contributed by atoms with Crippen molar-refractivity contribution in [3.63, 3.8) is 0 Å². The standard InChI is InChI=1S/C23H23F2N3O/c1-2-3-11-28-12-10-21-17(14-28)22(16-6-4-5-7-20(16)27-21)23(29)26-15-8-9-18(24)19(25)13-15/h4-9,13H,2-3,10-12,14H2,1H3,(H,26,29). The number of carbonyl (C=O) groups is 1. The van der Waals surface area contributed by atoms with Gasteiger partial charge in [0.15, 0.2) is 11.6 Å². The highest BCUT2D eigenvalue weighted by atomic mass is 19.2. The average molecular weight is 395 g/mol. The Labute approximate surface area is 168 Å². The number of pyridine rings is 1. The van der Waals surface area contributed by atoms with Crippen molar-refractivity contribution < 1.29 is 13.6 Å². The van der Waals surface area contributed by atoms with E-state index in [4.69, 9.17) is 4.98 Å². The van der Waals surface area contributed by atoms with Crippen molar-refractivity contribution in [3.05, 3.63) is 70.9 Å². The summed E-state index contributed by atoms with van der Waals surface area (Å²) in [6.45, 7) is 4.72. The van der Waals surface area contributed by atoms with Gasteiger partial charge in [0.25, 0.3) is 5.91 Å². The number of aromatic nitrogens is 1. The van der Waals surface area contributed by atoms with Crippen LogP contribution in [0.3, 0.4) is 0 Å². The zero-order valence-electron chi connectivity index (χ0n) is 16.3. The minimum absolute atomic E-state index is 0.224. The molecule has 0 spiro atoms. The molecule has 4 nitrogen and oxygen atoms in total. The molecule has 0 fully saturated rings. The smallest absolute Gasteiger partial charge is 0.256 e. The SMILES string of the molecule is CCCCN1CCc2nc3ccccc3c(C(=O)Nc3ccc(F)c(F)c3)c2C1. The van der Waals surface area contributed by atoms with Crippen molar-refractivity contribution in [1.29, 1.82) is 0 Å². The Hall–Kier alpha value is -2.86. The predicted octanol–water partition coefficient (Wildman–Crippen LogP) is 4.92. The Kier molecular flexibility index (Phi) is 5.53. The molecule has 1 amide bonds. The van der Waals surface area contributed by atoms with Gasteiger partial charge >= 0.3 is 0 Å². The summed E-state index contributed by atoms with van der Waals surface area (Å²) in [5.74, 6) is -2.26. The lowest BCUT2D eigenvalue weighted by Gasteiger charge is -2.30. The molecule has 6 heteroatoms. The fraction of sp³-hybridized carbons (Fsp3) is 0.304. The van der Waals surface area contributed by atoms with Gasteiger partial charge in [0.05, 0.1) is 11.1 Å². The Morgan fingerprint density at radius 3 is 2.79 bits per heavy atom. The fourth-order valence-corrected chi connectivity index (χ4v) is 3.85. The van der Waals surface area contributed by atoms with E-state index in [1.54, 1.807) is 0 Å². The van der Waals surface area contributed by atoms with E-state index in [1.807, 2.05) is 24.3 Å². The van der Waals surface area contributed by atoms with E-state index in [0.29, 0.717) is 12.1 Å². The van der Waals surface area contributed by atoms with Crippen LogP contribution in [0, 0.1) is 11.6 Å². The Balaban J connectivity index is 1.75. The Bertz CT molecular complexity index is 1070. The second kappa shape index (κ2) is 8.25. The van der Waals surface area contributed by atoms with Gasteiger partial charge in [0, 0.05) is 47.9 Å². The van der Waals surface area contributed by atoms with E-state index in [0.717, 1.165) is 66.6 Å². The maximum Gasteiger partial charge on any atom is 0.256 e. The lowest BCUT2D eigenvalue weighted by Crippen LogP contribution is -2.33. The van der Waals surface area contributed by atoms with Crippen molar-refractivity contribution in [3.8, 4) is 0 Å². The summed E-state index contributed by atoms with van der Waals surface area (Å²) in [6.07, 6.45) is 3.00. The van der Waals surface area contributed by atoms with Crippen LogP contribution in [0.25, 0.3) is 10.9 Å². The number of anilines is 1. The van der Waals surface area contributed by atoms with Crippen LogP contribution in [0.4, 0.5) is 14.5 Å². The number of unbranched alkanes of at least 4 members (excludes halogenated alkanes) is 1. The van der Waals surface area contributed by atoms with Crippen LogP contribution in [-0.4, -0.2) is 28.9 Å². The molecule has 0 saturated carbocycles. The monoisotopic (exact) mass is 395 g/mol. The van der Waals surface area contributed by atoms with Crippen LogP contribution in [-0.2, 0) is 13.0 Å². The van der Waals surface area contributed by atoms with Crippen molar-refractivity contribution in [1.82, 2.24) is 9.88 Å². The second-order valence-electron chi connectivity index (χ2n) is 7.39. The van der Waals surface area contributed by atoms with Gasteiger partial charge in [-0.15, -0.1) is 0 Å². The summed E-state index contributed by atoms with van der Waals surface area (Å²) in [5.41, 5.74) is 3.42. The highest BCUT2D eigenvalue weighted by Gasteiger charge is 2.25. The Morgan fingerprint density at radius 1 is 1.17 bits per heavy atom. The number of benzene rings is 2. The third-order valence-corrected chi connectivity index (χ3v) is 5.36. The molecule has 2 aromatic carbocycles. The van der Waals surface area contributed by atoms with E-state index in [9.17, 15) is 13.6 Å². The molecule has 0 aliphatic carbocycles. The molecule has 0 atom stereocenters. The number of fused-ring (bicyclic) bond motifs is 2. The third-order valence-electron chi connectivity index (χ3n) is 5.36. The van der Waals surface area contributed by atoms with Crippen LogP contribution in [0.15, 0.2) is 42.5 Å². The van der Waals surface area contributed by atoms with Crippen LogP contribution < -0.4 is 5.32 Å². The number of nitrogens with zero attached hydrogens (tertiary/aromatic N) is 2. The molecule has 29 heavy (non-hydrogen) atoms. The Morgan fingerprint density at radius 2 is 2.00 bits per heavy atom. The normalized spacial score (nSPS) is 14.0. The van der Waals surface area contributed by atoms with Gasteiger partial charge in [-0.1, -0.05) is 31.5 Å². The first-order valence-electron chi connectivity index (χ1n) is 9.96. The number of rotatable bonds is 5. The van der Waals surface area contributed by atoms with Gasteiger partial charge in [-0.05, 0) is 31.2 Å². The number of carbonyl (C=O) groups excluding carboxylic acids is 1. The molecule has 1 aliphatic rings. The zero-order valence-corrected chi connectivity index (χ0v) is 16.3. The number of hydrogen-bond donors (Lipinski definition) is 1. The van der Waals surface area contributed by atoms with Crippen molar-refractivity contribution in [2.24, 2.45) is 0 Å². The topological polar surface area (TPSA) is 45.2 Å². The van der Waals surface area contributed by atoms with Gasteiger partial charge in [0.1, 0.15) is 0 Å². The number of hydrogen-bond acceptors (Lipinski definition) is 3. The molecule has 4 rings (SSSR count). The maximum absolute atomic E-state index is 13.6. The largest absolute Gasteiger partial charge is 0.322 e. The molecule has 1 aliphatic heterocycles. The van der Waals surface area contributed by atoms with Gasteiger partial charge in [-0.25, -0.2) is 8.78 Å². The number of halogens is 2. The summed E-state index contributed by atoms with van der Waals surface area (Å²) >= 11 is 0. The first-order valence-corrected chi connectivity index (χ1v) is 9.96. The van der Waals surface area contributed by atoms with Gasteiger partial charge < -0.3 is 5.32 Å². The second-order valence-corrected chi connectivity index (χ2v) is 7.39. The lowest BCUT2D eigenvalue weighted by atomic mass is 9.95. The van der Waals surface area contributed by atoms with E-state index in [2.05, 4.69) is 17.1 Å². The molecule has 2 heterocycles. The van der Waals surface area contributed by atoms with Gasteiger partial charge in [-0.2, -0.15) is 0 Å². The quantitative estimate of drug-likeness (QED) is 0.667. The molecule has 0 unspecified atom stereocenters. The van der Waals surface area contributed by atoms with E-state index < -0.39 is 11.6 Å². The van der Waals surface area contributed by atoms with Crippen molar-refractivity contribution >= 4 is 22.5 Å². The molecule has 1 aromatic heterocycles. The molecule has 3 aromatic rings. The highest BCUT2D eigenvalue weighted by molar-refractivity contribution is 6.13. The number of para-hydroxylation sites is 1. The van der Waals surface area contributed by atoms with Crippen LogP contribution in [0.2, 0.25) is 0 Å². The molecule has 0 radical (unpaired) electrons. The summed E-state index contributed by atoms with van der Waals surface area (Å²) < 4.78 is 26.8. The molecular formula is C23H23F2N3O. The van der Waals surface area contributed by atoms with Crippen molar-refractivity contribution in [2.75, 3.05) is 18.4 Å². The summed E-state index contributed by atoms with van der Waals surface area (Å²) in [7, 11) is 0. The summed E-state index contributed by atoms with van der Waals surface area (Å²) in [6, 6.07) is 10.9. The van der Waals surface area contributed by atoms with E-state index >= 15 is 0 Å². The first kappa shape index (κ1) is 19.5. The molecule has 0 saturated heterocycles. The molecule has 0 bridgehead atoms. The average Bonchev–Trinajstić information content (AvgIpc) is 2.73. The molecule has 1 N–H and O–H groups in total. The van der Waals surface area contributed by atoms with Gasteiger partial charge in [0.2, 0.25) is 0 Å². The molecular weight excluding hydrogens is 372 g/mol. The summed E-state index contributed by atoms with van der Waals surface area (Å²) in [5, 5.41) is 3.50. The predicted molar refractivity (Wildman–Crippen MR) is 110 cm³/mol. The van der Waals surface area contributed by atoms with Crippen LogP contribution in [0.1, 0.15) is 41.4 Å². The number of amides is 1. The van der Waals surface area contributed by atoms with Crippen LogP contribution >= 0.6 is 0 Å². The zero-order chi connectivity index (χ0) is 20.4. The fourth-order valence-electron chi connectivity index (χ4n) is 3.85. The van der Waals surface area contributed by atoms with E-state index in [-0.39, 0.29) is 11.6 Å². The lowest BCUT2D eigenvalue weighted by molar-refractivity contribution is 0.102. The van der Waals surface area contributed by atoms with Crippen molar-refractivity contribution in [2.45, 2.75) is 32.7 Å². The minimum atomic E-state index is -0.991. The minimum Gasteiger partial charge on any atom is -0.322 e. The third kappa shape index (κ3) is 3.98. The van der Waals surface area contributed by atoms with Crippen LogP contribution in [0.5, 0.6) is 0 Å². The first-order chi connectivity index (χ1) is 14.1. The maximum atomic E-state index is 13.6. The number of nitrogens with one attached hydrogen (secondary N) is 1. The van der Waals surface area contributed by atoms with Gasteiger partial charge in [-0.3, -0.25) is 14.7 Å². The molecule has 150 valence electrons. The highest BCUT2D eigenvalue weighted by Crippen LogP contribution is 2.29. The summed E-state index contributed by atoms with van der Waals surface area (Å²) in [4.78, 5) is 20.4.